The quantitative estimate of drug-likeness (QED) is 0.866. The summed E-state index contributed by atoms with van der Waals surface area (Å²) in [5, 5.41) is 12.9. The van der Waals surface area contributed by atoms with Crippen LogP contribution in [-0.2, 0) is 18.2 Å². The smallest absolute Gasteiger partial charge is 0.347 e. The number of fused-ring (bicyclic) bond motifs is 1. The number of thiophene rings is 1. The highest BCUT2D eigenvalue weighted by atomic mass is 32.1. The summed E-state index contributed by atoms with van der Waals surface area (Å²) in [6.45, 7) is 6.28. The number of rotatable bonds is 2. The molecule has 0 atom stereocenters. The van der Waals surface area contributed by atoms with Crippen LogP contribution in [0.5, 0.6) is 5.75 Å². The zero-order valence-corrected chi connectivity index (χ0v) is 13.6. The van der Waals surface area contributed by atoms with Gasteiger partial charge in [0.05, 0.1) is 12.5 Å². The Bertz CT molecular complexity index is 765. The summed E-state index contributed by atoms with van der Waals surface area (Å²) in [6, 6.07) is 0. The number of aromatic hydroxyl groups is 1. The van der Waals surface area contributed by atoms with Gasteiger partial charge in [0, 0.05) is 7.05 Å². The van der Waals surface area contributed by atoms with Gasteiger partial charge in [0.15, 0.2) is 5.56 Å². The van der Waals surface area contributed by atoms with Crippen molar-refractivity contribution < 1.29 is 14.6 Å². The number of hydrogen-bond acceptors (Lipinski definition) is 5. The standard InChI is InChI=1S/C15H19NO4S/c1-15(2,3)6-8-7-21-13-9(8)11(17)10(14(19)20-5)12(18)16(13)4/h7,17H,6H2,1-5H3. The molecule has 0 saturated carbocycles. The lowest BCUT2D eigenvalue weighted by Gasteiger charge is -2.18. The number of pyridine rings is 1. The van der Waals surface area contributed by atoms with E-state index in [0.29, 0.717) is 10.2 Å². The zero-order chi connectivity index (χ0) is 15.9. The second kappa shape index (κ2) is 5.18. The van der Waals surface area contributed by atoms with E-state index in [1.165, 1.54) is 23.0 Å². The molecule has 2 rings (SSSR count). The van der Waals surface area contributed by atoms with E-state index >= 15 is 0 Å². The predicted octanol–water partition coefficient (Wildman–Crippen LogP) is 2.68. The van der Waals surface area contributed by atoms with Gasteiger partial charge < -0.3 is 14.4 Å². The van der Waals surface area contributed by atoms with E-state index in [1.54, 1.807) is 7.05 Å². The third-order valence-electron chi connectivity index (χ3n) is 3.25. The molecule has 0 bridgehead atoms. The molecule has 2 aromatic rings. The lowest BCUT2D eigenvalue weighted by Crippen LogP contribution is -2.25. The Balaban J connectivity index is 2.82. The fourth-order valence-electron chi connectivity index (χ4n) is 2.36. The highest BCUT2D eigenvalue weighted by Crippen LogP contribution is 2.37. The van der Waals surface area contributed by atoms with Gasteiger partial charge in [-0.15, -0.1) is 11.3 Å². The van der Waals surface area contributed by atoms with Crippen LogP contribution >= 0.6 is 11.3 Å². The number of nitrogens with zero attached hydrogens (tertiary/aromatic N) is 1. The van der Waals surface area contributed by atoms with E-state index in [9.17, 15) is 14.7 Å². The molecule has 114 valence electrons. The van der Waals surface area contributed by atoms with Crippen molar-refractivity contribution in [2.75, 3.05) is 7.11 Å². The number of aromatic nitrogens is 1. The van der Waals surface area contributed by atoms with E-state index in [4.69, 9.17) is 0 Å². The van der Waals surface area contributed by atoms with E-state index in [1.807, 2.05) is 5.38 Å². The normalized spacial score (nSPS) is 11.9. The van der Waals surface area contributed by atoms with Crippen molar-refractivity contribution in [2.24, 2.45) is 12.5 Å². The number of methoxy groups -OCH3 is 1. The number of carbonyl (C=O) groups excluding carboxylic acids is 1. The first kappa shape index (κ1) is 15.6. The molecular formula is C15H19NO4S. The average molecular weight is 309 g/mol. The summed E-state index contributed by atoms with van der Waals surface area (Å²) in [4.78, 5) is 24.6. The molecule has 0 spiro atoms. The van der Waals surface area contributed by atoms with Crippen LogP contribution in [0.3, 0.4) is 0 Å². The van der Waals surface area contributed by atoms with Crippen LogP contribution in [0.2, 0.25) is 0 Å². The van der Waals surface area contributed by atoms with Gasteiger partial charge in [0.2, 0.25) is 0 Å². The van der Waals surface area contributed by atoms with Crippen LogP contribution in [-0.4, -0.2) is 22.8 Å². The van der Waals surface area contributed by atoms with E-state index in [0.717, 1.165) is 12.0 Å². The zero-order valence-electron chi connectivity index (χ0n) is 12.8. The number of carbonyl (C=O) groups is 1. The highest BCUT2D eigenvalue weighted by Gasteiger charge is 2.25. The summed E-state index contributed by atoms with van der Waals surface area (Å²) in [5.41, 5.74) is 0.110. The van der Waals surface area contributed by atoms with Crippen molar-refractivity contribution >= 4 is 27.5 Å². The maximum Gasteiger partial charge on any atom is 0.347 e. The van der Waals surface area contributed by atoms with Gasteiger partial charge >= 0.3 is 5.97 Å². The summed E-state index contributed by atoms with van der Waals surface area (Å²) < 4.78 is 6.00. The Labute approximate surface area is 126 Å². The van der Waals surface area contributed by atoms with E-state index in [2.05, 4.69) is 25.5 Å². The van der Waals surface area contributed by atoms with Crippen molar-refractivity contribution in [1.29, 1.82) is 0 Å². The predicted molar refractivity (Wildman–Crippen MR) is 83.2 cm³/mol. The van der Waals surface area contributed by atoms with Crippen molar-refractivity contribution in [2.45, 2.75) is 27.2 Å². The van der Waals surface area contributed by atoms with Crippen molar-refractivity contribution in [3.05, 3.63) is 26.9 Å². The Morgan fingerprint density at radius 3 is 2.57 bits per heavy atom. The summed E-state index contributed by atoms with van der Waals surface area (Å²) >= 11 is 1.39. The van der Waals surface area contributed by atoms with Gasteiger partial charge in [0.25, 0.3) is 5.56 Å². The topological polar surface area (TPSA) is 68.5 Å². The van der Waals surface area contributed by atoms with Gasteiger partial charge in [-0.25, -0.2) is 4.79 Å². The molecule has 0 aliphatic rings. The molecule has 2 aromatic heterocycles. The Morgan fingerprint density at radius 2 is 2.05 bits per heavy atom. The number of ether oxygens (including phenoxy) is 1. The molecule has 0 aliphatic carbocycles. The second-order valence-electron chi connectivity index (χ2n) is 6.26. The van der Waals surface area contributed by atoms with Crippen LogP contribution < -0.4 is 5.56 Å². The lowest BCUT2D eigenvalue weighted by atomic mass is 9.88. The molecule has 0 aliphatic heterocycles. The number of hydrogen-bond donors (Lipinski definition) is 1. The van der Waals surface area contributed by atoms with Crippen molar-refractivity contribution in [3.8, 4) is 5.75 Å². The third-order valence-corrected chi connectivity index (χ3v) is 4.36. The SMILES string of the molecule is COC(=O)c1c(O)c2c(CC(C)(C)C)csc2n(C)c1=O. The Morgan fingerprint density at radius 1 is 1.43 bits per heavy atom. The lowest BCUT2D eigenvalue weighted by molar-refractivity contribution is 0.0595. The van der Waals surface area contributed by atoms with Crippen LogP contribution in [0.1, 0.15) is 36.7 Å². The largest absolute Gasteiger partial charge is 0.506 e. The summed E-state index contributed by atoms with van der Waals surface area (Å²) in [6.07, 6.45) is 0.735. The number of aryl methyl sites for hydroxylation is 1. The summed E-state index contributed by atoms with van der Waals surface area (Å²) in [5.74, 6) is -1.09. The Hall–Kier alpha value is -1.82. The molecule has 5 nitrogen and oxygen atoms in total. The molecule has 6 heteroatoms. The fraction of sp³-hybridized carbons (Fsp3) is 0.467. The first-order chi connectivity index (χ1) is 9.67. The molecule has 21 heavy (non-hydrogen) atoms. The van der Waals surface area contributed by atoms with Crippen molar-refractivity contribution in [1.82, 2.24) is 4.57 Å². The van der Waals surface area contributed by atoms with Gasteiger partial charge in [0.1, 0.15) is 10.6 Å². The number of esters is 1. The minimum Gasteiger partial charge on any atom is -0.506 e. The highest BCUT2D eigenvalue weighted by molar-refractivity contribution is 7.17. The molecule has 0 fully saturated rings. The van der Waals surface area contributed by atoms with E-state index < -0.39 is 11.5 Å². The van der Waals surface area contributed by atoms with Gasteiger partial charge in [-0.3, -0.25) is 4.79 Å². The van der Waals surface area contributed by atoms with Crippen LogP contribution in [0, 0.1) is 5.41 Å². The monoisotopic (exact) mass is 309 g/mol. The minimum atomic E-state index is -0.817. The average Bonchev–Trinajstić information content (AvgIpc) is 2.77. The molecule has 0 amide bonds. The molecule has 0 unspecified atom stereocenters. The molecule has 0 saturated heterocycles. The van der Waals surface area contributed by atoms with Crippen molar-refractivity contribution in [3.63, 3.8) is 0 Å². The van der Waals surface area contributed by atoms with Crippen LogP contribution in [0.4, 0.5) is 0 Å². The third kappa shape index (κ3) is 2.68. The fourth-order valence-corrected chi connectivity index (χ4v) is 3.40. The van der Waals surface area contributed by atoms with Crippen LogP contribution in [0.15, 0.2) is 10.2 Å². The molecule has 0 radical (unpaired) electrons. The molecular weight excluding hydrogens is 290 g/mol. The minimum absolute atomic E-state index is 0.0284. The molecule has 1 N–H and O–H groups in total. The first-order valence-corrected chi connectivity index (χ1v) is 7.45. The van der Waals surface area contributed by atoms with Gasteiger partial charge in [-0.05, 0) is 22.8 Å². The van der Waals surface area contributed by atoms with Gasteiger partial charge in [-0.1, -0.05) is 20.8 Å². The maximum atomic E-state index is 12.2. The summed E-state index contributed by atoms with van der Waals surface area (Å²) in [7, 11) is 2.78. The first-order valence-electron chi connectivity index (χ1n) is 6.57. The maximum absolute atomic E-state index is 12.2. The molecule has 0 aromatic carbocycles. The van der Waals surface area contributed by atoms with Gasteiger partial charge in [-0.2, -0.15) is 0 Å². The second-order valence-corrected chi connectivity index (χ2v) is 7.12. The van der Waals surface area contributed by atoms with Crippen LogP contribution in [0.25, 0.3) is 10.2 Å². The van der Waals surface area contributed by atoms with E-state index in [-0.39, 0.29) is 16.7 Å². The molecule has 2 heterocycles. The Kier molecular flexibility index (Phi) is 3.84.